The number of aromatic nitrogens is 4. The Kier molecular flexibility index (Phi) is 3.53. The third kappa shape index (κ3) is 2.84. The average molecular weight is 287 g/mol. The van der Waals surface area contributed by atoms with Crippen LogP contribution in [0.15, 0.2) is 12.3 Å². The number of H-pyrrole nitrogens is 1. The molecule has 1 fully saturated rings. The zero-order valence-electron chi connectivity index (χ0n) is 12.8. The maximum absolute atomic E-state index is 12.4. The summed E-state index contributed by atoms with van der Waals surface area (Å²) in [6, 6.07) is 1.99. The van der Waals surface area contributed by atoms with Crippen molar-refractivity contribution in [2.24, 2.45) is 0 Å². The van der Waals surface area contributed by atoms with Gasteiger partial charge < -0.3 is 9.88 Å². The second kappa shape index (κ2) is 5.35. The van der Waals surface area contributed by atoms with Crippen LogP contribution < -0.4 is 0 Å². The molecule has 1 amide bonds. The molecule has 21 heavy (non-hydrogen) atoms. The van der Waals surface area contributed by atoms with E-state index in [4.69, 9.17) is 0 Å². The summed E-state index contributed by atoms with van der Waals surface area (Å²) in [5.74, 6) is 1.45. The van der Waals surface area contributed by atoms with E-state index in [1.54, 1.807) is 4.68 Å². The Bertz CT molecular complexity index is 657. The number of likely N-dealkylation sites (tertiary alicyclic amines) is 1. The van der Waals surface area contributed by atoms with Gasteiger partial charge in [0.1, 0.15) is 12.4 Å². The van der Waals surface area contributed by atoms with Gasteiger partial charge in [0.05, 0.1) is 5.69 Å². The number of nitrogens with one attached hydrogen (secondary N) is 1. The lowest BCUT2D eigenvalue weighted by atomic mass is 10.1. The summed E-state index contributed by atoms with van der Waals surface area (Å²) in [6.07, 6.45) is 2.81. The topological polar surface area (TPSA) is 66.8 Å². The molecule has 0 radical (unpaired) electrons. The molecule has 3 rings (SSSR count). The molecule has 0 aliphatic carbocycles. The van der Waals surface area contributed by atoms with Crippen LogP contribution in [0.2, 0.25) is 0 Å². The van der Waals surface area contributed by atoms with E-state index in [0.29, 0.717) is 12.5 Å². The molecule has 0 bridgehead atoms. The molecule has 112 valence electrons. The predicted molar refractivity (Wildman–Crippen MR) is 79.0 cm³/mol. The van der Waals surface area contributed by atoms with Gasteiger partial charge in [0, 0.05) is 36.6 Å². The minimum atomic E-state index is 0.131. The smallest absolute Gasteiger partial charge is 0.244 e. The Morgan fingerprint density at radius 2 is 2.24 bits per heavy atom. The van der Waals surface area contributed by atoms with Gasteiger partial charge in [-0.25, -0.2) is 4.98 Å². The second-order valence-corrected chi connectivity index (χ2v) is 5.86. The number of nitrogens with zero attached hydrogens (tertiary/aromatic N) is 4. The van der Waals surface area contributed by atoms with Crippen molar-refractivity contribution >= 4 is 5.91 Å². The van der Waals surface area contributed by atoms with Crippen molar-refractivity contribution in [2.75, 3.05) is 13.1 Å². The van der Waals surface area contributed by atoms with E-state index in [1.807, 2.05) is 37.9 Å². The fraction of sp³-hybridized carbons (Fsp3) is 0.533. The van der Waals surface area contributed by atoms with Crippen LogP contribution >= 0.6 is 0 Å². The lowest BCUT2D eigenvalue weighted by Gasteiger charge is -2.16. The summed E-state index contributed by atoms with van der Waals surface area (Å²) >= 11 is 0. The molecule has 1 aliphatic heterocycles. The highest BCUT2D eigenvalue weighted by atomic mass is 16.2. The van der Waals surface area contributed by atoms with Gasteiger partial charge in [-0.05, 0) is 33.3 Å². The molecule has 0 unspecified atom stereocenters. The SMILES string of the molecule is Cc1cc(C)n(CC(=O)N2CC[C@@H](c3ncc(C)[nH]3)C2)n1. The van der Waals surface area contributed by atoms with Crippen LogP contribution in [0.25, 0.3) is 0 Å². The van der Waals surface area contributed by atoms with Gasteiger partial charge in [0.2, 0.25) is 5.91 Å². The molecule has 0 aromatic carbocycles. The first-order chi connectivity index (χ1) is 10.0. The maximum atomic E-state index is 12.4. The van der Waals surface area contributed by atoms with Crippen molar-refractivity contribution < 1.29 is 4.79 Å². The Hall–Kier alpha value is -2.11. The zero-order chi connectivity index (χ0) is 15.0. The molecule has 0 spiro atoms. The first kappa shape index (κ1) is 13.9. The first-order valence-corrected chi connectivity index (χ1v) is 7.33. The lowest BCUT2D eigenvalue weighted by molar-refractivity contribution is -0.131. The van der Waals surface area contributed by atoms with Crippen LogP contribution in [-0.4, -0.2) is 43.6 Å². The van der Waals surface area contributed by atoms with Crippen LogP contribution in [0, 0.1) is 20.8 Å². The van der Waals surface area contributed by atoms with E-state index >= 15 is 0 Å². The van der Waals surface area contributed by atoms with Crippen molar-refractivity contribution in [1.82, 2.24) is 24.6 Å². The minimum absolute atomic E-state index is 0.131. The molecule has 0 saturated carbocycles. The van der Waals surface area contributed by atoms with Crippen molar-refractivity contribution in [2.45, 2.75) is 39.7 Å². The fourth-order valence-corrected chi connectivity index (χ4v) is 2.91. The monoisotopic (exact) mass is 287 g/mol. The number of rotatable bonds is 3. The van der Waals surface area contributed by atoms with Crippen LogP contribution in [0.1, 0.15) is 35.2 Å². The third-order valence-corrected chi connectivity index (χ3v) is 4.04. The van der Waals surface area contributed by atoms with Crippen LogP contribution in [0.5, 0.6) is 0 Å². The number of amides is 1. The highest BCUT2D eigenvalue weighted by Gasteiger charge is 2.29. The number of carbonyl (C=O) groups excluding carboxylic acids is 1. The number of imidazole rings is 1. The van der Waals surface area contributed by atoms with E-state index in [0.717, 1.165) is 42.4 Å². The number of hydrogen-bond acceptors (Lipinski definition) is 3. The van der Waals surface area contributed by atoms with Gasteiger partial charge in [0.15, 0.2) is 0 Å². The summed E-state index contributed by atoms with van der Waals surface area (Å²) in [5.41, 5.74) is 3.04. The van der Waals surface area contributed by atoms with Crippen LogP contribution in [0.3, 0.4) is 0 Å². The quantitative estimate of drug-likeness (QED) is 0.931. The minimum Gasteiger partial charge on any atom is -0.346 e. The number of aromatic amines is 1. The Morgan fingerprint density at radius 1 is 1.43 bits per heavy atom. The molecular weight excluding hydrogens is 266 g/mol. The third-order valence-electron chi connectivity index (χ3n) is 4.04. The molecule has 6 heteroatoms. The number of aryl methyl sites for hydroxylation is 3. The number of carbonyl (C=O) groups is 1. The molecule has 1 saturated heterocycles. The first-order valence-electron chi connectivity index (χ1n) is 7.33. The highest BCUT2D eigenvalue weighted by molar-refractivity contribution is 5.76. The predicted octanol–water partition coefficient (Wildman–Crippen LogP) is 1.55. The molecule has 2 aromatic rings. The van der Waals surface area contributed by atoms with Gasteiger partial charge >= 0.3 is 0 Å². The molecule has 3 heterocycles. The Labute approximate surface area is 124 Å². The molecule has 1 aliphatic rings. The number of hydrogen-bond donors (Lipinski definition) is 1. The summed E-state index contributed by atoms with van der Waals surface area (Å²) in [4.78, 5) is 22.0. The van der Waals surface area contributed by atoms with E-state index in [1.165, 1.54) is 0 Å². The van der Waals surface area contributed by atoms with E-state index < -0.39 is 0 Å². The van der Waals surface area contributed by atoms with E-state index in [9.17, 15) is 4.79 Å². The zero-order valence-corrected chi connectivity index (χ0v) is 12.8. The highest BCUT2D eigenvalue weighted by Crippen LogP contribution is 2.25. The molecule has 2 aromatic heterocycles. The lowest BCUT2D eigenvalue weighted by Crippen LogP contribution is -2.32. The molecular formula is C15H21N5O. The van der Waals surface area contributed by atoms with Gasteiger partial charge in [-0.2, -0.15) is 5.10 Å². The van der Waals surface area contributed by atoms with Crippen LogP contribution in [0.4, 0.5) is 0 Å². The molecule has 1 atom stereocenters. The van der Waals surface area contributed by atoms with Crippen LogP contribution in [-0.2, 0) is 11.3 Å². The van der Waals surface area contributed by atoms with Crippen molar-refractivity contribution in [3.8, 4) is 0 Å². The summed E-state index contributed by atoms with van der Waals surface area (Å²) in [5, 5.41) is 4.35. The Balaban J connectivity index is 1.63. The van der Waals surface area contributed by atoms with Gasteiger partial charge in [-0.15, -0.1) is 0 Å². The van der Waals surface area contributed by atoms with E-state index in [2.05, 4.69) is 15.1 Å². The van der Waals surface area contributed by atoms with Gasteiger partial charge in [-0.3, -0.25) is 9.48 Å². The van der Waals surface area contributed by atoms with Crippen molar-refractivity contribution in [1.29, 1.82) is 0 Å². The standard InChI is InChI=1S/C15H21N5O/c1-10-6-12(3)20(18-10)9-14(21)19-5-4-13(8-19)15-16-7-11(2)17-15/h6-7,13H,4-5,8-9H2,1-3H3,(H,16,17)/t13-/m1/s1. The normalized spacial score (nSPS) is 18.4. The van der Waals surface area contributed by atoms with Gasteiger partial charge in [-0.1, -0.05) is 0 Å². The summed E-state index contributed by atoms with van der Waals surface area (Å²) < 4.78 is 1.78. The summed E-state index contributed by atoms with van der Waals surface area (Å²) in [7, 11) is 0. The van der Waals surface area contributed by atoms with Crippen molar-refractivity contribution in [3.05, 3.63) is 35.2 Å². The fourth-order valence-electron chi connectivity index (χ4n) is 2.91. The summed E-state index contributed by atoms with van der Waals surface area (Å²) in [6.45, 7) is 7.78. The molecule has 1 N–H and O–H groups in total. The maximum Gasteiger partial charge on any atom is 0.244 e. The largest absolute Gasteiger partial charge is 0.346 e. The van der Waals surface area contributed by atoms with E-state index in [-0.39, 0.29) is 5.91 Å². The van der Waals surface area contributed by atoms with Gasteiger partial charge in [0.25, 0.3) is 0 Å². The molecule has 6 nitrogen and oxygen atoms in total. The van der Waals surface area contributed by atoms with Crippen molar-refractivity contribution in [3.63, 3.8) is 0 Å². The average Bonchev–Trinajstić information content (AvgIpc) is 3.11. The Morgan fingerprint density at radius 3 is 2.86 bits per heavy atom. The second-order valence-electron chi connectivity index (χ2n) is 5.86.